The molecule has 0 saturated heterocycles. The number of rotatable bonds is 10. The minimum atomic E-state index is 0.202. The van der Waals surface area contributed by atoms with Gasteiger partial charge in [0.2, 0.25) is 0 Å². The molecule has 0 fully saturated rings. The predicted molar refractivity (Wildman–Crippen MR) is 126 cm³/mol. The van der Waals surface area contributed by atoms with E-state index >= 15 is 0 Å². The molecular weight excluding hydrogens is 460 g/mol. The van der Waals surface area contributed by atoms with E-state index in [9.17, 15) is 0 Å². The largest absolute Gasteiger partial charge is 0.0654 e. The fourth-order valence-electron chi connectivity index (χ4n) is 4.83. The summed E-state index contributed by atoms with van der Waals surface area (Å²) in [7, 11) is 0. The van der Waals surface area contributed by atoms with E-state index in [1.165, 1.54) is 84.3 Å². The van der Waals surface area contributed by atoms with Crippen molar-refractivity contribution in [3.05, 3.63) is 56.5 Å². The molecular formula is C25H32Br2. The van der Waals surface area contributed by atoms with E-state index in [-0.39, 0.29) is 5.41 Å². The number of hydrogen-bond acceptors (Lipinski definition) is 0. The molecule has 1 aliphatic rings. The Morgan fingerprint density at radius 1 is 0.630 bits per heavy atom. The molecule has 0 unspecified atom stereocenters. The lowest BCUT2D eigenvalue weighted by molar-refractivity contribution is 0.401. The van der Waals surface area contributed by atoms with E-state index in [1.54, 1.807) is 11.1 Å². The monoisotopic (exact) mass is 490 g/mol. The number of unbranched alkanes of at least 4 members (excludes halogenated alkanes) is 6. The van der Waals surface area contributed by atoms with Crippen LogP contribution in [0.2, 0.25) is 0 Å². The summed E-state index contributed by atoms with van der Waals surface area (Å²) in [6.45, 7) is 4.60. The van der Waals surface area contributed by atoms with Gasteiger partial charge in [0.15, 0.2) is 0 Å². The van der Waals surface area contributed by atoms with Gasteiger partial charge in [-0.2, -0.15) is 0 Å². The highest BCUT2D eigenvalue weighted by molar-refractivity contribution is 9.10. The minimum Gasteiger partial charge on any atom is -0.0654 e. The van der Waals surface area contributed by atoms with E-state index in [4.69, 9.17) is 0 Å². The van der Waals surface area contributed by atoms with Gasteiger partial charge in [0.1, 0.15) is 0 Å². The van der Waals surface area contributed by atoms with Crippen LogP contribution in [0.3, 0.4) is 0 Å². The second-order valence-corrected chi connectivity index (χ2v) is 9.91. The zero-order chi connectivity index (χ0) is 19.3. The first-order chi connectivity index (χ1) is 13.1. The Morgan fingerprint density at radius 3 is 1.48 bits per heavy atom. The zero-order valence-corrected chi connectivity index (χ0v) is 20.0. The molecule has 0 atom stereocenters. The predicted octanol–water partition coefficient (Wildman–Crippen LogP) is 9.42. The lowest BCUT2D eigenvalue weighted by Gasteiger charge is -2.33. The molecule has 0 radical (unpaired) electrons. The maximum Gasteiger partial charge on any atom is 0.0215 e. The Bertz CT molecular complexity index is 697. The summed E-state index contributed by atoms with van der Waals surface area (Å²) in [6, 6.07) is 13.9. The van der Waals surface area contributed by atoms with Crippen LogP contribution in [0.25, 0.3) is 11.1 Å². The van der Waals surface area contributed by atoms with Crippen LogP contribution in [0.4, 0.5) is 0 Å². The standard InChI is InChI=1S/C25H32Br2/c1-3-5-7-9-15-25(16-10-8-6-4-2)23-13-11-19(26)17-21(23)22-18-20(27)12-14-24(22)25/h11-14,17-18H,3-10,15-16H2,1-2H3. The minimum absolute atomic E-state index is 0.202. The van der Waals surface area contributed by atoms with Crippen LogP contribution in [0.5, 0.6) is 0 Å². The smallest absolute Gasteiger partial charge is 0.0215 e. The van der Waals surface area contributed by atoms with Crippen molar-refractivity contribution in [2.45, 2.75) is 83.5 Å². The molecule has 0 nitrogen and oxygen atoms in total. The highest BCUT2D eigenvalue weighted by Gasteiger charge is 2.42. The molecule has 146 valence electrons. The van der Waals surface area contributed by atoms with Gasteiger partial charge in [-0.05, 0) is 59.4 Å². The molecule has 0 spiro atoms. The van der Waals surface area contributed by atoms with Crippen molar-refractivity contribution in [1.29, 1.82) is 0 Å². The van der Waals surface area contributed by atoms with Gasteiger partial charge in [-0.15, -0.1) is 0 Å². The van der Waals surface area contributed by atoms with E-state index in [0.717, 1.165) is 0 Å². The molecule has 0 saturated carbocycles. The molecule has 3 rings (SSSR count). The van der Waals surface area contributed by atoms with E-state index in [0.29, 0.717) is 0 Å². The van der Waals surface area contributed by atoms with Crippen LogP contribution in [-0.4, -0.2) is 0 Å². The highest BCUT2D eigenvalue weighted by atomic mass is 79.9. The number of hydrogen-bond donors (Lipinski definition) is 0. The van der Waals surface area contributed by atoms with E-state index in [2.05, 4.69) is 82.1 Å². The van der Waals surface area contributed by atoms with E-state index in [1.807, 2.05) is 0 Å². The average Bonchev–Trinajstić information content (AvgIpc) is 2.92. The summed E-state index contributed by atoms with van der Waals surface area (Å²) < 4.78 is 2.36. The SMILES string of the molecule is CCCCCCC1(CCCCCC)c2ccc(Br)cc2-c2cc(Br)ccc21. The van der Waals surface area contributed by atoms with Crippen LogP contribution in [0.15, 0.2) is 45.3 Å². The zero-order valence-electron chi connectivity index (χ0n) is 16.8. The van der Waals surface area contributed by atoms with Gasteiger partial charge in [0.25, 0.3) is 0 Å². The average molecular weight is 492 g/mol. The molecule has 0 heterocycles. The number of fused-ring (bicyclic) bond motifs is 3. The number of benzene rings is 2. The summed E-state index contributed by atoms with van der Waals surface area (Å²) in [4.78, 5) is 0. The van der Waals surface area contributed by atoms with Gasteiger partial charge >= 0.3 is 0 Å². The maximum absolute atomic E-state index is 3.71. The van der Waals surface area contributed by atoms with Crippen LogP contribution in [0, 0.1) is 0 Å². The molecule has 2 aromatic rings. The van der Waals surface area contributed by atoms with Gasteiger partial charge < -0.3 is 0 Å². The molecule has 2 aromatic carbocycles. The van der Waals surface area contributed by atoms with Crippen molar-refractivity contribution in [1.82, 2.24) is 0 Å². The Morgan fingerprint density at radius 2 is 1.07 bits per heavy atom. The summed E-state index contributed by atoms with van der Waals surface area (Å²) >= 11 is 7.42. The first kappa shape index (κ1) is 21.1. The van der Waals surface area contributed by atoms with Crippen LogP contribution < -0.4 is 0 Å². The number of halogens is 2. The summed E-state index contributed by atoms with van der Waals surface area (Å²) in [5, 5.41) is 0. The fraction of sp³-hybridized carbons (Fsp3) is 0.520. The Labute approximate surface area is 182 Å². The molecule has 0 aliphatic heterocycles. The molecule has 0 N–H and O–H groups in total. The van der Waals surface area contributed by atoms with Gasteiger partial charge in [-0.3, -0.25) is 0 Å². The Kier molecular flexibility index (Phi) is 7.62. The van der Waals surface area contributed by atoms with Crippen LogP contribution in [0.1, 0.15) is 89.2 Å². The quantitative estimate of drug-likeness (QED) is 0.290. The fourth-order valence-corrected chi connectivity index (χ4v) is 5.55. The van der Waals surface area contributed by atoms with Crippen molar-refractivity contribution in [2.75, 3.05) is 0 Å². The van der Waals surface area contributed by atoms with Gasteiger partial charge in [-0.1, -0.05) is 109 Å². The van der Waals surface area contributed by atoms with Crippen molar-refractivity contribution in [3.63, 3.8) is 0 Å². The third-order valence-electron chi connectivity index (χ3n) is 6.20. The summed E-state index contributed by atoms with van der Waals surface area (Å²) in [6.07, 6.45) is 13.2. The van der Waals surface area contributed by atoms with Gasteiger partial charge in [0.05, 0.1) is 0 Å². The van der Waals surface area contributed by atoms with Crippen molar-refractivity contribution < 1.29 is 0 Å². The molecule has 27 heavy (non-hydrogen) atoms. The van der Waals surface area contributed by atoms with Crippen molar-refractivity contribution in [2.24, 2.45) is 0 Å². The molecule has 0 aromatic heterocycles. The van der Waals surface area contributed by atoms with Crippen LogP contribution >= 0.6 is 31.9 Å². The van der Waals surface area contributed by atoms with Gasteiger partial charge in [0, 0.05) is 14.4 Å². The van der Waals surface area contributed by atoms with Crippen LogP contribution in [-0.2, 0) is 5.41 Å². The molecule has 0 amide bonds. The summed E-state index contributed by atoms with van der Waals surface area (Å²) in [5.41, 5.74) is 6.20. The lowest BCUT2D eigenvalue weighted by Crippen LogP contribution is -2.25. The second kappa shape index (κ2) is 9.74. The van der Waals surface area contributed by atoms with E-state index < -0.39 is 0 Å². The van der Waals surface area contributed by atoms with Crippen molar-refractivity contribution >= 4 is 31.9 Å². The van der Waals surface area contributed by atoms with Gasteiger partial charge in [-0.25, -0.2) is 0 Å². The summed E-state index contributed by atoms with van der Waals surface area (Å²) in [5.74, 6) is 0. The third-order valence-corrected chi connectivity index (χ3v) is 7.19. The molecule has 2 heteroatoms. The second-order valence-electron chi connectivity index (χ2n) is 8.08. The third kappa shape index (κ3) is 4.53. The molecule has 0 bridgehead atoms. The highest BCUT2D eigenvalue weighted by Crippen LogP contribution is 2.55. The maximum atomic E-state index is 3.71. The Hall–Kier alpha value is -0.600. The first-order valence-corrected chi connectivity index (χ1v) is 12.3. The Balaban J connectivity index is 2.02. The normalized spacial score (nSPS) is 14.2. The molecule has 1 aliphatic carbocycles. The van der Waals surface area contributed by atoms with Crippen molar-refractivity contribution in [3.8, 4) is 11.1 Å². The first-order valence-electron chi connectivity index (χ1n) is 10.7. The lowest BCUT2D eigenvalue weighted by atomic mass is 9.70. The topological polar surface area (TPSA) is 0 Å².